The molecule has 1 heterocycles. The molecule has 1 aliphatic heterocycles. The summed E-state index contributed by atoms with van der Waals surface area (Å²) in [6.07, 6.45) is 2.09. The highest BCUT2D eigenvalue weighted by Crippen LogP contribution is 2.43. The van der Waals surface area contributed by atoms with E-state index in [-0.39, 0.29) is 12.4 Å². The van der Waals surface area contributed by atoms with Gasteiger partial charge in [0.2, 0.25) is 11.5 Å². The maximum absolute atomic E-state index is 5.65. The summed E-state index contributed by atoms with van der Waals surface area (Å²) < 4.78 is 39.1. The lowest BCUT2D eigenvalue weighted by molar-refractivity contribution is 0.201. The summed E-state index contributed by atoms with van der Waals surface area (Å²) in [7, 11) is 11.5. The molecule has 0 amide bonds. The first-order chi connectivity index (χ1) is 25.9. The van der Waals surface area contributed by atoms with E-state index in [1.54, 1.807) is 49.8 Å². The Morgan fingerprint density at radius 3 is 1.43 bits per heavy atom. The Kier molecular flexibility index (Phi) is 13.8. The molecule has 5 aromatic carbocycles. The fourth-order valence-corrected chi connectivity index (χ4v) is 7.24. The van der Waals surface area contributed by atoms with E-state index in [2.05, 4.69) is 70.5 Å². The summed E-state index contributed by atoms with van der Waals surface area (Å²) in [4.78, 5) is 5.11. The molecule has 1 fully saturated rings. The zero-order valence-corrected chi connectivity index (χ0v) is 33.0. The number of halogens is 1. The molecule has 0 bridgehead atoms. The molecular formula is C44H51ClN2O7. The quantitative estimate of drug-likeness (QED) is 0.104. The molecule has 9 nitrogen and oxygen atoms in total. The summed E-state index contributed by atoms with van der Waals surface area (Å²) in [5, 5.41) is 0. The molecule has 0 atom stereocenters. The highest BCUT2D eigenvalue weighted by molar-refractivity contribution is 5.85. The van der Waals surface area contributed by atoms with Gasteiger partial charge in [-0.2, -0.15) is 0 Å². The molecule has 10 heteroatoms. The Morgan fingerprint density at radius 2 is 0.981 bits per heavy atom. The van der Waals surface area contributed by atoms with Crippen molar-refractivity contribution in [1.82, 2.24) is 4.90 Å². The topological polar surface area (TPSA) is 71.1 Å². The van der Waals surface area contributed by atoms with Gasteiger partial charge in [-0.1, -0.05) is 36.4 Å². The number of likely N-dealkylation sites (tertiary alicyclic amines) is 1. The summed E-state index contributed by atoms with van der Waals surface area (Å²) in [6.45, 7) is 3.64. The van der Waals surface area contributed by atoms with Crippen LogP contribution in [0.1, 0.15) is 24.0 Å². The van der Waals surface area contributed by atoms with Crippen molar-refractivity contribution in [2.45, 2.75) is 32.0 Å². The molecule has 0 aliphatic carbocycles. The van der Waals surface area contributed by atoms with Crippen LogP contribution < -0.4 is 38.1 Å². The Labute approximate surface area is 325 Å². The van der Waals surface area contributed by atoms with Crippen LogP contribution in [0.5, 0.6) is 40.2 Å². The second-order valence-corrected chi connectivity index (χ2v) is 13.1. The van der Waals surface area contributed by atoms with Crippen LogP contribution in [0.15, 0.2) is 97.1 Å². The first-order valence-electron chi connectivity index (χ1n) is 17.8. The molecule has 6 rings (SSSR count). The van der Waals surface area contributed by atoms with Gasteiger partial charge in [0.1, 0.15) is 5.75 Å². The van der Waals surface area contributed by atoms with E-state index in [4.69, 9.17) is 33.2 Å². The van der Waals surface area contributed by atoms with Gasteiger partial charge in [-0.05, 0) is 107 Å². The summed E-state index contributed by atoms with van der Waals surface area (Å²) in [5.74, 6) is 4.57. The molecule has 0 N–H and O–H groups in total. The van der Waals surface area contributed by atoms with Gasteiger partial charge in [-0.25, -0.2) is 0 Å². The number of anilines is 1. The van der Waals surface area contributed by atoms with E-state index >= 15 is 0 Å². The Hall–Kier alpha value is -5.25. The molecule has 286 valence electrons. The third-order valence-corrected chi connectivity index (χ3v) is 10.0. The number of nitrogens with zero attached hydrogens (tertiary/aromatic N) is 2. The minimum Gasteiger partial charge on any atom is -0.497 e. The fraction of sp³-hybridized carbons (Fsp3) is 0.318. The minimum atomic E-state index is 0. The van der Waals surface area contributed by atoms with Crippen molar-refractivity contribution in [1.29, 1.82) is 0 Å². The van der Waals surface area contributed by atoms with Gasteiger partial charge in [-0.15, -0.1) is 12.4 Å². The number of rotatable bonds is 15. The summed E-state index contributed by atoms with van der Waals surface area (Å²) in [6, 6.07) is 34.2. The van der Waals surface area contributed by atoms with Crippen LogP contribution >= 0.6 is 12.4 Å². The van der Waals surface area contributed by atoms with Gasteiger partial charge in [-0.3, -0.25) is 4.90 Å². The van der Waals surface area contributed by atoms with Crippen molar-refractivity contribution < 1.29 is 33.2 Å². The lowest BCUT2D eigenvalue weighted by atomic mass is 9.98. The molecule has 0 saturated carbocycles. The van der Waals surface area contributed by atoms with Crippen LogP contribution in [0, 0.1) is 0 Å². The second kappa shape index (κ2) is 18.7. The fourth-order valence-electron chi connectivity index (χ4n) is 7.24. The summed E-state index contributed by atoms with van der Waals surface area (Å²) in [5.41, 5.74) is 7.88. The molecule has 1 saturated heterocycles. The van der Waals surface area contributed by atoms with Crippen LogP contribution in [0.3, 0.4) is 0 Å². The number of hydrogen-bond donors (Lipinski definition) is 0. The van der Waals surface area contributed by atoms with Gasteiger partial charge in [0.15, 0.2) is 23.0 Å². The summed E-state index contributed by atoms with van der Waals surface area (Å²) >= 11 is 0. The zero-order valence-electron chi connectivity index (χ0n) is 32.2. The average molecular weight is 755 g/mol. The SMILES string of the molecule is COc1ccc(N(Cc2cccc(-c3cc(OC)c(OC)c(OC)c3)c2)C2CCN(Cc3cccc(-c4cc(OC)c(OC)c(OC)c4)c3)CC2)cc1.Cl. The van der Waals surface area contributed by atoms with Gasteiger partial charge in [0, 0.05) is 37.9 Å². The normalized spacial score (nSPS) is 13.0. The highest BCUT2D eigenvalue weighted by atomic mass is 35.5. The highest BCUT2D eigenvalue weighted by Gasteiger charge is 2.26. The lowest BCUT2D eigenvalue weighted by Crippen LogP contribution is -2.44. The van der Waals surface area contributed by atoms with Crippen molar-refractivity contribution in [2.24, 2.45) is 0 Å². The van der Waals surface area contributed by atoms with Gasteiger partial charge < -0.3 is 38.1 Å². The molecule has 1 aliphatic rings. The van der Waals surface area contributed by atoms with Crippen LogP contribution in [-0.2, 0) is 13.1 Å². The maximum atomic E-state index is 5.65. The molecule has 0 radical (unpaired) electrons. The van der Waals surface area contributed by atoms with Crippen LogP contribution in [-0.4, -0.2) is 73.8 Å². The number of ether oxygens (including phenoxy) is 7. The number of hydrogen-bond acceptors (Lipinski definition) is 9. The standard InChI is InChI=1S/C44H50N2O7.ClH/c1-47-38-16-14-36(15-17-38)46(29-31-11-9-13-33(23-31)35-26-41(50-4)44(53-7)42(27-35)51-5)37-18-20-45(21-19-37)28-30-10-8-12-32(22-30)34-24-39(48-2)43(52-6)40(25-34)49-3;/h8-17,22-27,37H,18-21,28-29H2,1-7H3;1H. The minimum absolute atomic E-state index is 0. The van der Waals surface area contributed by atoms with E-state index in [1.165, 1.54) is 16.8 Å². The molecule has 5 aromatic rings. The number of piperidine rings is 1. The predicted molar refractivity (Wildman–Crippen MR) is 218 cm³/mol. The monoisotopic (exact) mass is 754 g/mol. The van der Waals surface area contributed by atoms with Gasteiger partial charge in [0.05, 0.1) is 49.8 Å². The average Bonchev–Trinajstić information content (AvgIpc) is 3.22. The van der Waals surface area contributed by atoms with E-state index in [0.717, 1.165) is 67.0 Å². The maximum Gasteiger partial charge on any atom is 0.203 e. The third-order valence-electron chi connectivity index (χ3n) is 10.0. The van der Waals surface area contributed by atoms with Crippen molar-refractivity contribution >= 4 is 18.1 Å². The smallest absolute Gasteiger partial charge is 0.203 e. The Balaban J connectivity index is 0.00000561. The Bertz CT molecular complexity index is 1930. The van der Waals surface area contributed by atoms with Crippen molar-refractivity contribution in [3.63, 3.8) is 0 Å². The van der Waals surface area contributed by atoms with Crippen molar-refractivity contribution in [3.8, 4) is 62.5 Å². The van der Waals surface area contributed by atoms with Crippen LogP contribution in [0.25, 0.3) is 22.3 Å². The lowest BCUT2D eigenvalue weighted by Gasteiger charge is -2.40. The zero-order chi connectivity index (χ0) is 37.3. The van der Waals surface area contributed by atoms with Crippen LogP contribution in [0.2, 0.25) is 0 Å². The molecule has 0 unspecified atom stereocenters. The molecule has 0 spiro atoms. The molecule has 0 aromatic heterocycles. The van der Waals surface area contributed by atoms with Gasteiger partial charge >= 0.3 is 0 Å². The first kappa shape index (κ1) is 39.9. The van der Waals surface area contributed by atoms with Crippen LogP contribution in [0.4, 0.5) is 5.69 Å². The van der Waals surface area contributed by atoms with E-state index < -0.39 is 0 Å². The van der Waals surface area contributed by atoms with Crippen molar-refractivity contribution in [2.75, 3.05) is 67.8 Å². The largest absolute Gasteiger partial charge is 0.497 e. The first-order valence-corrected chi connectivity index (χ1v) is 17.8. The van der Waals surface area contributed by atoms with Crippen molar-refractivity contribution in [3.05, 3.63) is 108 Å². The predicted octanol–water partition coefficient (Wildman–Crippen LogP) is 9.17. The number of methoxy groups -OCH3 is 7. The second-order valence-electron chi connectivity index (χ2n) is 13.1. The third kappa shape index (κ3) is 8.92. The molecular weight excluding hydrogens is 704 g/mol. The van der Waals surface area contributed by atoms with Gasteiger partial charge in [0.25, 0.3) is 0 Å². The van der Waals surface area contributed by atoms with E-state index in [1.807, 2.05) is 36.4 Å². The molecule has 54 heavy (non-hydrogen) atoms. The Morgan fingerprint density at radius 1 is 0.519 bits per heavy atom. The number of benzene rings is 5. The van der Waals surface area contributed by atoms with E-state index in [0.29, 0.717) is 40.5 Å². The van der Waals surface area contributed by atoms with E-state index in [9.17, 15) is 0 Å².